The van der Waals surface area contributed by atoms with Gasteiger partial charge in [0.05, 0.1) is 11.7 Å². The molecule has 2 atom stereocenters. The number of carbonyl (C=O) groups excluding carboxylic acids is 4. The number of carboxylic acids is 1. The molecule has 0 fully saturated rings. The number of carbonyl (C=O) groups is 5. The molecule has 3 amide bonds. The largest absolute Gasteiger partial charge is 0.481 e. The van der Waals surface area contributed by atoms with Crippen LogP contribution in [0.1, 0.15) is 31.2 Å². The van der Waals surface area contributed by atoms with E-state index >= 15 is 0 Å². The molecule has 16 heteroatoms. The van der Waals surface area contributed by atoms with Gasteiger partial charge in [0.15, 0.2) is 12.4 Å². The van der Waals surface area contributed by atoms with Crippen LogP contribution in [0.25, 0.3) is 0 Å². The molecule has 4 N–H and O–H groups in total. The van der Waals surface area contributed by atoms with E-state index in [0.29, 0.717) is 5.56 Å². The molecule has 12 nitrogen and oxygen atoms in total. The maximum absolute atomic E-state index is 13.9. The van der Waals surface area contributed by atoms with E-state index in [9.17, 15) is 41.5 Å². The average molecular weight is 557 g/mol. The van der Waals surface area contributed by atoms with Crippen LogP contribution >= 0.6 is 0 Å². The molecule has 0 bridgehead atoms. The standard InChI is InChI=1S/C23H23F4N5O7/c1-11-4-3-5-13(24)18(11)32-21(38)20(37)29-12(2)19(36)30-14(6-7-17(34)35)15(33)10-39-16-8-9-28-22(31-16)23(25,26)27/h3-5,8-9,12,14H,6-7,10H2,1-2H3,(H,29,37)(H,30,36)(H,32,38)(H,34,35)/t12-,14-/m0/s1. The summed E-state index contributed by atoms with van der Waals surface area (Å²) in [5.74, 6) is -8.70. The highest BCUT2D eigenvalue weighted by Gasteiger charge is 2.35. The van der Waals surface area contributed by atoms with Gasteiger partial charge in [0.1, 0.15) is 11.9 Å². The van der Waals surface area contributed by atoms with Gasteiger partial charge in [-0.3, -0.25) is 24.0 Å². The Labute approximate surface area is 218 Å². The summed E-state index contributed by atoms with van der Waals surface area (Å²) in [4.78, 5) is 66.6. The molecule has 1 heterocycles. The van der Waals surface area contributed by atoms with E-state index in [4.69, 9.17) is 9.84 Å². The number of hydrogen-bond acceptors (Lipinski definition) is 8. The first-order valence-electron chi connectivity index (χ1n) is 11.1. The number of anilines is 1. The Bertz CT molecular complexity index is 1240. The van der Waals surface area contributed by atoms with Gasteiger partial charge in [0.25, 0.3) is 0 Å². The highest BCUT2D eigenvalue weighted by molar-refractivity contribution is 6.40. The van der Waals surface area contributed by atoms with Crippen LogP contribution in [0.15, 0.2) is 30.5 Å². The Morgan fingerprint density at radius 2 is 1.77 bits per heavy atom. The molecule has 0 aliphatic heterocycles. The number of halogens is 4. The zero-order valence-electron chi connectivity index (χ0n) is 20.5. The molecule has 0 saturated carbocycles. The maximum Gasteiger partial charge on any atom is 0.451 e. The second kappa shape index (κ2) is 13.3. The van der Waals surface area contributed by atoms with Gasteiger partial charge in [0, 0.05) is 18.7 Å². The van der Waals surface area contributed by atoms with Crippen molar-refractivity contribution in [2.45, 2.75) is 44.9 Å². The minimum Gasteiger partial charge on any atom is -0.481 e. The smallest absolute Gasteiger partial charge is 0.451 e. The number of nitrogens with zero attached hydrogens (tertiary/aromatic N) is 2. The molecule has 2 rings (SSSR count). The van der Waals surface area contributed by atoms with Crippen molar-refractivity contribution in [1.82, 2.24) is 20.6 Å². The molecular formula is C23H23F4N5O7. The summed E-state index contributed by atoms with van der Waals surface area (Å²) in [7, 11) is 0. The first-order chi connectivity index (χ1) is 18.2. The quantitative estimate of drug-likeness (QED) is 0.235. The number of benzene rings is 1. The molecule has 1 aromatic carbocycles. The van der Waals surface area contributed by atoms with Gasteiger partial charge in [-0.2, -0.15) is 18.2 Å². The van der Waals surface area contributed by atoms with Crippen molar-refractivity contribution in [3.63, 3.8) is 0 Å². The van der Waals surface area contributed by atoms with E-state index in [-0.39, 0.29) is 5.69 Å². The van der Waals surface area contributed by atoms with Crippen LogP contribution in [-0.4, -0.2) is 63.2 Å². The van der Waals surface area contributed by atoms with Gasteiger partial charge in [-0.15, -0.1) is 0 Å². The van der Waals surface area contributed by atoms with Crippen LogP contribution in [0, 0.1) is 12.7 Å². The van der Waals surface area contributed by atoms with E-state index in [1.165, 1.54) is 19.1 Å². The Kier molecular flexibility index (Phi) is 10.4. The Morgan fingerprint density at radius 1 is 1.08 bits per heavy atom. The van der Waals surface area contributed by atoms with E-state index in [1.54, 1.807) is 0 Å². The number of carboxylic acid groups (broad SMARTS) is 1. The normalized spacial score (nSPS) is 12.6. The third-order valence-electron chi connectivity index (χ3n) is 5.01. The zero-order chi connectivity index (χ0) is 29.3. The number of rotatable bonds is 11. The zero-order valence-corrected chi connectivity index (χ0v) is 20.5. The van der Waals surface area contributed by atoms with Gasteiger partial charge in [-0.1, -0.05) is 12.1 Å². The lowest BCUT2D eigenvalue weighted by Gasteiger charge is -2.20. The first kappa shape index (κ1) is 30.6. The van der Waals surface area contributed by atoms with Crippen LogP contribution in [0.2, 0.25) is 0 Å². The lowest BCUT2D eigenvalue weighted by atomic mass is 10.1. The second-order valence-corrected chi connectivity index (χ2v) is 8.05. The van der Waals surface area contributed by atoms with Crippen molar-refractivity contribution in [3.8, 4) is 5.88 Å². The Balaban J connectivity index is 2.01. The highest BCUT2D eigenvalue weighted by Crippen LogP contribution is 2.26. The highest BCUT2D eigenvalue weighted by atomic mass is 19.4. The molecule has 0 aliphatic rings. The van der Waals surface area contributed by atoms with E-state index in [0.717, 1.165) is 25.3 Å². The minimum absolute atomic E-state index is 0.236. The van der Waals surface area contributed by atoms with Crippen molar-refractivity contribution < 1.29 is 51.4 Å². The maximum atomic E-state index is 13.9. The van der Waals surface area contributed by atoms with Crippen molar-refractivity contribution >= 4 is 35.2 Å². The molecule has 39 heavy (non-hydrogen) atoms. The first-order valence-corrected chi connectivity index (χ1v) is 11.1. The molecule has 0 saturated heterocycles. The van der Waals surface area contributed by atoms with Crippen LogP contribution in [0.5, 0.6) is 5.88 Å². The van der Waals surface area contributed by atoms with Crippen molar-refractivity contribution in [2.75, 3.05) is 11.9 Å². The monoisotopic (exact) mass is 557 g/mol. The number of ketones is 1. The van der Waals surface area contributed by atoms with Crippen LogP contribution < -0.4 is 20.7 Å². The van der Waals surface area contributed by atoms with E-state index in [1.807, 2.05) is 0 Å². The number of aliphatic carboxylic acids is 1. The van der Waals surface area contributed by atoms with Crippen LogP contribution in [0.4, 0.5) is 23.2 Å². The number of para-hydroxylation sites is 1. The van der Waals surface area contributed by atoms with E-state index in [2.05, 4.69) is 25.9 Å². The fourth-order valence-electron chi connectivity index (χ4n) is 2.97. The van der Waals surface area contributed by atoms with Crippen LogP contribution in [0.3, 0.4) is 0 Å². The van der Waals surface area contributed by atoms with Crippen LogP contribution in [-0.2, 0) is 30.1 Å². The lowest BCUT2D eigenvalue weighted by molar-refractivity contribution is -0.145. The molecule has 0 spiro atoms. The summed E-state index contributed by atoms with van der Waals surface area (Å²) in [6.07, 6.45) is -5.11. The number of hydrogen-bond donors (Lipinski definition) is 4. The third-order valence-corrected chi connectivity index (χ3v) is 5.01. The van der Waals surface area contributed by atoms with Crippen molar-refractivity contribution in [1.29, 1.82) is 0 Å². The van der Waals surface area contributed by atoms with E-state index < -0.39 is 84.7 Å². The number of alkyl halides is 3. The third kappa shape index (κ3) is 9.32. The molecule has 210 valence electrons. The predicted octanol–water partition coefficient (Wildman–Crippen LogP) is 1.38. The topological polar surface area (TPSA) is 177 Å². The summed E-state index contributed by atoms with van der Waals surface area (Å²) >= 11 is 0. The summed E-state index contributed by atoms with van der Waals surface area (Å²) in [6.45, 7) is 1.76. The lowest BCUT2D eigenvalue weighted by Crippen LogP contribution is -2.52. The second-order valence-electron chi connectivity index (χ2n) is 8.05. The van der Waals surface area contributed by atoms with Crippen molar-refractivity contribution in [3.05, 3.63) is 47.7 Å². The summed E-state index contributed by atoms with van der Waals surface area (Å²) in [6, 6.07) is 2.01. The minimum atomic E-state index is -4.87. The molecule has 0 unspecified atom stereocenters. The summed E-state index contributed by atoms with van der Waals surface area (Å²) in [5, 5.41) is 15.3. The fraction of sp³-hybridized carbons (Fsp3) is 0.348. The number of aryl methyl sites for hydroxylation is 1. The van der Waals surface area contributed by atoms with Gasteiger partial charge in [0.2, 0.25) is 17.6 Å². The summed E-state index contributed by atoms with van der Waals surface area (Å²) < 4.78 is 57.1. The fourth-order valence-corrected chi connectivity index (χ4v) is 2.97. The average Bonchev–Trinajstić information content (AvgIpc) is 2.86. The van der Waals surface area contributed by atoms with Crippen molar-refractivity contribution in [2.24, 2.45) is 0 Å². The molecule has 2 aromatic rings. The van der Waals surface area contributed by atoms with Gasteiger partial charge >= 0.3 is 24.0 Å². The van der Waals surface area contributed by atoms with Gasteiger partial charge in [-0.05, 0) is 31.9 Å². The summed E-state index contributed by atoms with van der Waals surface area (Å²) in [5.41, 5.74) is 0.0978. The number of ether oxygens (including phenoxy) is 1. The Hall–Kier alpha value is -4.63. The number of amides is 3. The number of nitrogens with one attached hydrogen (secondary N) is 3. The SMILES string of the molecule is Cc1cccc(F)c1NC(=O)C(=O)N[C@@H](C)C(=O)N[C@@H](CCC(=O)O)C(=O)COc1ccnc(C(F)(F)F)n1. The molecule has 1 aromatic heterocycles. The number of aromatic nitrogens is 2. The molecular weight excluding hydrogens is 534 g/mol. The predicted molar refractivity (Wildman–Crippen MR) is 124 cm³/mol. The molecule has 0 radical (unpaired) electrons. The molecule has 0 aliphatic carbocycles. The number of Topliss-reactive ketones (excluding diaryl/α,β-unsaturated/α-hetero) is 1. The van der Waals surface area contributed by atoms with Gasteiger partial charge in [-0.25, -0.2) is 9.37 Å². The van der Waals surface area contributed by atoms with Gasteiger partial charge < -0.3 is 25.8 Å². The Morgan fingerprint density at radius 3 is 2.38 bits per heavy atom.